The molecule has 0 aliphatic heterocycles. The zero-order valence-electron chi connectivity index (χ0n) is 29.4. The fraction of sp³-hybridized carbons (Fsp3) is 0. The predicted octanol–water partition coefficient (Wildman–Crippen LogP) is 13.3. The number of fused-ring (bicyclic) bond motifs is 3. The Bertz CT molecular complexity index is 2930. The molecule has 10 rings (SSSR count). The van der Waals surface area contributed by atoms with Gasteiger partial charge >= 0.3 is 0 Å². The Kier molecular flexibility index (Phi) is 7.81. The Labute approximate surface area is 313 Å². The number of rotatable bonds is 6. The van der Waals surface area contributed by atoms with Crippen molar-refractivity contribution in [3.8, 4) is 67.5 Å². The molecule has 0 spiro atoms. The molecular weight excluding hydrogens is 655 g/mol. The molecule has 9 aromatic carbocycles. The van der Waals surface area contributed by atoms with Gasteiger partial charge < -0.3 is 0 Å². The van der Waals surface area contributed by atoms with Crippen molar-refractivity contribution < 1.29 is 0 Å². The Hall–Kier alpha value is -7.23. The fourth-order valence-electron chi connectivity index (χ4n) is 7.54. The van der Waals surface area contributed by atoms with E-state index in [1.54, 1.807) is 0 Å². The lowest BCUT2D eigenvalue weighted by Gasteiger charge is -2.14. The molecule has 0 bridgehead atoms. The largest absolute Gasteiger partial charge is 0.208 e. The lowest BCUT2D eigenvalue weighted by atomic mass is 9.91. The average Bonchev–Trinajstić information content (AvgIpc) is 3.26. The molecule has 0 saturated carbocycles. The van der Waals surface area contributed by atoms with Gasteiger partial charge in [0.05, 0.1) is 0 Å². The van der Waals surface area contributed by atoms with Crippen molar-refractivity contribution in [1.29, 1.82) is 0 Å². The molecule has 54 heavy (non-hydrogen) atoms. The molecule has 0 aliphatic rings. The summed E-state index contributed by atoms with van der Waals surface area (Å²) in [4.78, 5) is 15.0. The smallest absolute Gasteiger partial charge is 0.164 e. The lowest BCUT2D eigenvalue weighted by molar-refractivity contribution is 1.07. The van der Waals surface area contributed by atoms with Crippen LogP contribution in [0.1, 0.15) is 0 Å². The highest BCUT2D eigenvalue weighted by molar-refractivity contribution is 6.02. The standard InChI is InChI=1S/C51H33N3/c1-3-14-35(15-4-1)49-52-50(36-16-5-2-6-17-36)54-51(53-49)44-32-40-19-9-10-22-47(40)48(33-44)43-28-25-38-30-42(27-24-39(38)31-43)46-21-12-11-20-45(46)41-26-23-34-13-7-8-18-37(34)29-41/h1-33H. The van der Waals surface area contributed by atoms with E-state index in [9.17, 15) is 0 Å². The van der Waals surface area contributed by atoms with E-state index >= 15 is 0 Å². The first-order chi connectivity index (χ1) is 26.7. The maximum Gasteiger partial charge on any atom is 0.164 e. The molecule has 0 saturated heterocycles. The monoisotopic (exact) mass is 687 g/mol. The van der Waals surface area contributed by atoms with Gasteiger partial charge in [0.15, 0.2) is 17.5 Å². The Morgan fingerprint density at radius 2 is 0.611 bits per heavy atom. The average molecular weight is 688 g/mol. The van der Waals surface area contributed by atoms with E-state index in [1.807, 2.05) is 60.7 Å². The van der Waals surface area contributed by atoms with Gasteiger partial charge in [0.2, 0.25) is 0 Å². The van der Waals surface area contributed by atoms with E-state index in [1.165, 1.54) is 49.2 Å². The molecule has 252 valence electrons. The van der Waals surface area contributed by atoms with Crippen LogP contribution in [0.4, 0.5) is 0 Å². The van der Waals surface area contributed by atoms with E-state index in [-0.39, 0.29) is 0 Å². The number of benzene rings is 9. The van der Waals surface area contributed by atoms with Gasteiger partial charge in [-0.3, -0.25) is 0 Å². The highest BCUT2D eigenvalue weighted by Crippen LogP contribution is 2.38. The van der Waals surface area contributed by atoms with Gasteiger partial charge in [0.25, 0.3) is 0 Å². The van der Waals surface area contributed by atoms with E-state index in [2.05, 4.69) is 140 Å². The number of hydrogen-bond donors (Lipinski definition) is 0. The predicted molar refractivity (Wildman–Crippen MR) is 225 cm³/mol. The molecular formula is C51H33N3. The molecule has 0 amide bonds. The maximum absolute atomic E-state index is 5.05. The quantitative estimate of drug-likeness (QED) is 0.175. The van der Waals surface area contributed by atoms with Crippen molar-refractivity contribution in [2.45, 2.75) is 0 Å². The van der Waals surface area contributed by atoms with Gasteiger partial charge in [-0.25, -0.2) is 15.0 Å². The SMILES string of the molecule is c1ccc(-c2nc(-c3ccccc3)nc(-c3cc(-c4ccc5cc(-c6ccccc6-c6ccc7ccccc7c6)ccc5c4)c4ccccc4c3)n2)cc1. The zero-order chi connectivity index (χ0) is 35.8. The van der Waals surface area contributed by atoms with E-state index in [4.69, 9.17) is 15.0 Å². The maximum atomic E-state index is 5.05. The number of nitrogens with zero attached hydrogens (tertiary/aromatic N) is 3. The summed E-state index contributed by atoms with van der Waals surface area (Å²) in [5, 5.41) is 7.20. The summed E-state index contributed by atoms with van der Waals surface area (Å²) in [5.41, 5.74) is 10.00. The molecule has 0 aliphatic carbocycles. The van der Waals surface area contributed by atoms with Crippen molar-refractivity contribution >= 4 is 32.3 Å². The molecule has 0 radical (unpaired) electrons. The summed E-state index contributed by atoms with van der Waals surface area (Å²) >= 11 is 0. The van der Waals surface area contributed by atoms with Crippen LogP contribution in [0.25, 0.3) is 99.9 Å². The highest BCUT2D eigenvalue weighted by atomic mass is 15.0. The van der Waals surface area contributed by atoms with Crippen LogP contribution < -0.4 is 0 Å². The van der Waals surface area contributed by atoms with Crippen molar-refractivity contribution in [2.75, 3.05) is 0 Å². The normalized spacial score (nSPS) is 11.3. The van der Waals surface area contributed by atoms with Crippen LogP contribution in [0.5, 0.6) is 0 Å². The third-order valence-corrected chi connectivity index (χ3v) is 10.3. The van der Waals surface area contributed by atoms with Gasteiger partial charge in [0, 0.05) is 16.7 Å². The van der Waals surface area contributed by atoms with Gasteiger partial charge in [-0.2, -0.15) is 0 Å². The molecule has 1 heterocycles. The molecule has 3 nitrogen and oxygen atoms in total. The van der Waals surface area contributed by atoms with Crippen molar-refractivity contribution in [3.05, 3.63) is 200 Å². The molecule has 10 aromatic rings. The minimum atomic E-state index is 0.644. The Morgan fingerprint density at radius 1 is 0.222 bits per heavy atom. The van der Waals surface area contributed by atoms with E-state index < -0.39 is 0 Å². The Morgan fingerprint density at radius 3 is 1.19 bits per heavy atom. The molecule has 0 N–H and O–H groups in total. The molecule has 3 heteroatoms. The first-order valence-electron chi connectivity index (χ1n) is 18.3. The van der Waals surface area contributed by atoms with Crippen LogP contribution in [-0.4, -0.2) is 15.0 Å². The first-order valence-corrected chi connectivity index (χ1v) is 18.3. The number of aromatic nitrogens is 3. The number of hydrogen-bond acceptors (Lipinski definition) is 3. The third kappa shape index (κ3) is 5.88. The zero-order valence-corrected chi connectivity index (χ0v) is 29.4. The van der Waals surface area contributed by atoms with Crippen molar-refractivity contribution in [1.82, 2.24) is 15.0 Å². The highest BCUT2D eigenvalue weighted by Gasteiger charge is 2.16. The summed E-state index contributed by atoms with van der Waals surface area (Å²) in [7, 11) is 0. The van der Waals surface area contributed by atoms with Gasteiger partial charge in [-0.15, -0.1) is 0 Å². The van der Waals surface area contributed by atoms with Crippen LogP contribution in [0.15, 0.2) is 200 Å². The van der Waals surface area contributed by atoms with E-state index in [0.717, 1.165) is 33.2 Å². The summed E-state index contributed by atoms with van der Waals surface area (Å²) in [6.45, 7) is 0. The third-order valence-electron chi connectivity index (χ3n) is 10.3. The Balaban J connectivity index is 1.07. The molecule has 0 atom stereocenters. The minimum Gasteiger partial charge on any atom is -0.208 e. The van der Waals surface area contributed by atoms with Crippen LogP contribution >= 0.6 is 0 Å². The van der Waals surface area contributed by atoms with Gasteiger partial charge in [-0.1, -0.05) is 170 Å². The summed E-state index contributed by atoms with van der Waals surface area (Å²) in [5.74, 6) is 1.95. The van der Waals surface area contributed by atoms with Crippen LogP contribution in [0.3, 0.4) is 0 Å². The minimum absolute atomic E-state index is 0.644. The van der Waals surface area contributed by atoms with Gasteiger partial charge in [-0.05, 0) is 96.0 Å². The van der Waals surface area contributed by atoms with Crippen LogP contribution in [0, 0.1) is 0 Å². The molecule has 0 unspecified atom stereocenters. The molecule has 1 aromatic heterocycles. The summed E-state index contributed by atoms with van der Waals surface area (Å²) in [6.07, 6.45) is 0. The second kappa shape index (κ2) is 13.4. The fourth-order valence-corrected chi connectivity index (χ4v) is 7.54. The van der Waals surface area contributed by atoms with Crippen molar-refractivity contribution in [3.63, 3.8) is 0 Å². The second-order valence-corrected chi connectivity index (χ2v) is 13.7. The summed E-state index contributed by atoms with van der Waals surface area (Å²) in [6, 6.07) is 70.8. The lowest BCUT2D eigenvalue weighted by Crippen LogP contribution is -2.00. The van der Waals surface area contributed by atoms with Crippen LogP contribution in [-0.2, 0) is 0 Å². The topological polar surface area (TPSA) is 38.7 Å². The second-order valence-electron chi connectivity index (χ2n) is 13.7. The summed E-state index contributed by atoms with van der Waals surface area (Å²) < 4.78 is 0. The van der Waals surface area contributed by atoms with Crippen LogP contribution in [0.2, 0.25) is 0 Å². The van der Waals surface area contributed by atoms with Gasteiger partial charge in [0.1, 0.15) is 0 Å². The molecule has 0 fully saturated rings. The first kappa shape index (κ1) is 31.5. The van der Waals surface area contributed by atoms with E-state index in [0.29, 0.717) is 17.5 Å². The van der Waals surface area contributed by atoms with Crippen molar-refractivity contribution in [2.24, 2.45) is 0 Å².